The van der Waals surface area contributed by atoms with Gasteiger partial charge in [0.1, 0.15) is 17.9 Å². The zero-order chi connectivity index (χ0) is 13.9. The number of aryl methyl sites for hydroxylation is 1. The third kappa shape index (κ3) is 2.19. The van der Waals surface area contributed by atoms with E-state index in [1.165, 1.54) is 11.1 Å². The molecule has 0 fully saturated rings. The SMILES string of the molecule is N#Cc1ccnc(OC2CCCc3ccccc32)c1N. The second-order valence-electron chi connectivity index (χ2n) is 4.89. The third-order valence-electron chi connectivity index (χ3n) is 3.64. The fraction of sp³-hybridized carbons (Fsp3) is 0.250. The Balaban J connectivity index is 1.92. The molecule has 0 saturated heterocycles. The molecule has 1 atom stereocenters. The van der Waals surface area contributed by atoms with Crippen LogP contribution in [-0.4, -0.2) is 4.98 Å². The summed E-state index contributed by atoms with van der Waals surface area (Å²) in [6.07, 6.45) is 4.62. The summed E-state index contributed by atoms with van der Waals surface area (Å²) in [6, 6.07) is 11.9. The number of anilines is 1. The molecule has 1 aliphatic carbocycles. The van der Waals surface area contributed by atoms with Crippen molar-refractivity contribution >= 4 is 5.69 Å². The average molecular weight is 265 g/mol. The van der Waals surface area contributed by atoms with Crippen LogP contribution in [0, 0.1) is 11.3 Å². The summed E-state index contributed by atoms with van der Waals surface area (Å²) in [7, 11) is 0. The van der Waals surface area contributed by atoms with Crippen LogP contribution in [-0.2, 0) is 6.42 Å². The number of nitriles is 1. The van der Waals surface area contributed by atoms with Crippen LogP contribution >= 0.6 is 0 Å². The highest BCUT2D eigenvalue weighted by Crippen LogP contribution is 2.35. The van der Waals surface area contributed by atoms with Crippen LogP contribution < -0.4 is 10.5 Å². The van der Waals surface area contributed by atoms with Crippen molar-refractivity contribution in [2.24, 2.45) is 0 Å². The summed E-state index contributed by atoms with van der Waals surface area (Å²) in [5.74, 6) is 0.353. The minimum absolute atomic E-state index is 0.0382. The van der Waals surface area contributed by atoms with Crippen molar-refractivity contribution in [1.29, 1.82) is 5.26 Å². The van der Waals surface area contributed by atoms with Crippen molar-refractivity contribution in [1.82, 2.24) is 4.98 Å². The van der Waals surface area contributed by atoms with Crippen molar-refractivity contribution in [3.63, 3.8) is 0 Å². The van der Waals surface area contributed by atoms with Crippen molar-refractivity contribution in [2.45, 2.75) is 25.4 Å². The van der Waals surface area contributed by atoms with E-state index in [2.05, 4.69) is 17.1 Å². The smallest absolute Gasteiger partial charge is 0.239 e. The number of ether oxygens (including phenoxy) is 1. The average Bonchev–Trinajstić information content (AvgIpc) is 2.50. The summed E-state index contributed by atoms with van der Waals surface area (Å²) in [5.41, 5.74) is 9.16. The van der Waals surface area contributed by atoms with Crippen molar-refractivity contribution in [3.05, 3.63) is 53.2 Å². The van der Waals surface area contributed by atoms with Gasteiger partial charge in [0.15, 0.2) is 0 Å². The Bertz CT molecular complexity index is 676. The summed E-state index contributed by atoms with van der Waals surface area (Å²) < 4.78 is 5.97. The fourth-order valence-electron chi connectivity index (χ4n) is 2.61. The molecule has 0 spiro atoms. The topological polar surface area (TPSA) is 71.9 Å². The van der Waals surface area contributed by atoms with Gasteiger partial charge in [0.25, 0.3) is 0 Å². The number of hydrogen-bond donors (Lipinski definition) is 1. The maximum absolute atomic E-state index is 8.99. The molecule has 1 aromatic carbocycles. The second kappa shape index (κ2) is 5.22. The van der Waals surface area contributed by atoms with Gasteiger partial charge < -0.3 is 10.5 Å². The van der Waals surface area contributed by atoms with Gasteiger partial charge in [0.2, 0.25) is 5.88 Å². The molecular weight excluding hydrogens is 250 g/mol. The van der Waals surface area contributed by atoms with Crippen LogP contribution in [0.4, 0.5) is 5.69 Å². The number of nitrogen functional groups attached to an aromatic ring is 1. The number of rotatable bonds is 2. The van der Waals surface area contributed by atoms with E-state index in [4.69, 9.17) is 15.7 Å². The zero-order valence-corrected chi connectivity index (χ0v) is 11.0. The number of benzene rings is 1. The number of nitrogens with zero attached hydrogens (tertiary/aromatic N) is 2. The van der Waals surface area contributed by atoms with Gasteiger partial charge in [-0.1, -0.05) is 24.3 Å². The molecule has 1 aliphatic rings. The van der Waals surface area contributed by atoms with Crippen LogP contribution in [0.3, 0.4) is 0 Å². The molecule has 2 aromatic rings. The summed E-state index contributed by atoms with van der Waals surface area (Å²) in [5, 5.41) is 8.99. The number of nitrogens with two attached hydrogens (primary N) is 1. The highest BCUT2D eigenvalue weighted by molar-refractivity contribution is 5.60. The summed E-state index contributed by atoms with van der Waals surface area (Å²) in [6.45, 7) is 0. The molecule has 0 aliphatic heterocycles. The Kier molecular flexibility index (Phi) is 3.26. The number of fused-ring (bicyclic) bond motifs is 1. The Morgan fingerprint density at radius 2 is 2.15 bits per heavy atom. The molecular formula is C16H15N3O. The van der Waals surface area contributed by atoms with Crippen LogP contribution in [0.1, 0.15) is 35.6 Å². The van der Waals surface area contributed by atoms with E-state index in [0.717, 1.165) is 19.3 Å². The molecule has 20 heavy (non-hydrogen) atoms. The first kappa shape index (κ1) is 12.5. The van der Waals surface area contributed by atoms with Gasteiger partial charge in [0, 0.05) is 6.20 Å². The van der Waals surface area contributed by atoms with E-state index in [1.54, 1.807) is 12.3 Å². The van der Waals surface area contributed by atoms with E-state index in [9.17, 15) is 0 Å². The van der Waals surface area contributed by atoms with Gasteiger partial charge in [-0.15, -0.1) is 0 Å². The number of pyridine rings is 1. The van der Waals surface area contributed by atoms with E-state index >= 15 is 0 Å². The lowest BCUT2D eigenvalue weighted by molar-refractivity contribution is 0.177. The fourth-order valence-corrected chi connectivity index (χ4v) is 2.61. The minimum Gasteiger partial charge on any atom is -0.468 e. The standard InChI is InChI=1S/C16H15N3O/c17-10-12-8-9-19-16(15(12)18)20-14-7-3-5-11-4-1-2-6-13(11)14/h1-2,4,6,8-9,14H,3,5,7,18H2. The van der Waals surface area contributed by atoms with Gasteiger partial charge >= 0.3 is 0 Å². The van der Waals surface area contributed by atoms with Crippen LogP contribution in [0.5, 0.6) is 5.88 Å². The number of hydrogen-bond acceptors (Lipinski definition) is 4. The zero-order valence-electron chi connectivity index (χ0n) is 11.0. The number of aromatic nitrogens is 1. The maximum Gasteiger partial charge on any atom is 0.239 e. The Morgan fingerprint density at radius 1 is 1.30 bits per heavy atom. The molecule has 4 heteroatoms. The highest BCUT2D eigenvalue weighted by Gasteiger charge is 2.22. The van der Waals surface area contributed by atoms with Gasteiger partial charge in [-0.3, -0.25) is 0 Å². The molecule has 1 unspecified atom stereocenters. The Hall–Kier alpha value is -2.54. The lowest BCUT2D eigenvalue weighted by Gasteiger charge is -2.26. The van der Waals surface area contributed by atoms with E-state index in [-0.39, 0.29) is 6.10 Å². The van der Waals surface area contributed by atoms with E-state index in [0.29, 0.717) is 17.1 Å². The van der Waals surface area contributed by atoms with Gasteiger partial charge in [0.05, 0.1) is 5.56 Å². The lowest BCUT2D eigenvalue weighted by atomic mass is 9.89. The maximum atomic E-state index is 8.99. The predicted octanol–water partition coefficient (Wildman–Crippen LogP) is 2.99. The molecule has 0 saturated carbocycles. The van der Waals surface area contributed by atoms with Crippen molar-refractivity contribution in [3.8, 4) is 11.9 Å². The molecule has 0 amide bonds. The first-order valence-corrected chi connectivity index (χ1v) is 6.68. The molecule has 1 aromatic heterocycles. The normalized spacial score (nSPS) is 17.1. The summed E-state index contributed by atoms with van der Waals surface area (Å²) >= 11 is 0. The molecule has 0 bridgehead atoms. The van der Waals surface area contributed by atoms with Crippen LogP contribution in [0.15, 0.2) is 36.5 Å². The summed E-state index contributed by atoms with van der Waals surface area (Å²) in [4.78, 5) is 4.16. The molecule has 3 rings (SSSR count). The first-order valence-electron chi connectivity index (χ1n) is 6.68. The van der Waals surface area contributed by atoms with Crippen molar-refractivity contribution in [2.75, 3.05) is 5.73 Å². The Morgan fingerprint density at radius 3 is 3.00 bits per heavy atom. The minimum atomic E-state index is -0.0382. The second-order valence-corrected chi connectivity index (χ2v) is 4.89. The lowest BCUT2D eigenvalue weighted by Crippen LogP contribution is -2.16. The monoisotopic (exact) mass is 265 g/mol. The first-order chi connectivity index (χ1) is 9.79. The van der Waals surface area contributed by atoms with Gasteiger partial charge in [-0.25, -0.2) is 4.98 Å². The predicted molar refractivity (Wildman–Crippen MR) is 76.1 cm³/mol. The molecule has 4 nitrogen and oxygen atoms in total. The van der Waals surface area contributed by atoms with E-state index < -0.39 is 0 Å². The van der Waals surface area contributed by atoms with Crippen molar-refractivity contribution < 1.29 is 4.74 Å². The molecule has 0 radical (unpaired) electrons. The largest absolute Gasteiger partial charge is 0.468 e. The Labute approximate surface area is 117 Å². The van der Waals surface area contributed by atoms with Gasteiger partial charge in [-0.05, 0) is 36.5 Å². The third-order valence-corrected chi connectivity index (χ3v) is 3.64. The van der Waals surface area contributed by atoms with E-state index in [1.807, 2.05) is 18.2 Å². The quantitative estimate of drug-likeness (QED) is 0.906. The van der Waals surface area contributed by atoms with Crippen LogP contribution in [0.2, 0.25) is 0 Å². The molecule has 100 valence electrons. The van der Waals surface area contributed by atoms with Crippen LogP contribution in [0.25, 0.3) is 0 Å². The van der Waals surface area contributed by atoms with Gasteiger partial charge in [-0.2, -0.15) is 5.26 Å². The highest BCUT2D eigenvalue weighted by atomic mass is 16.5. The molecule has 1 heterocycles. The molecule has 2 N–H and O–H groups in total.